The first-order valence-corrected chi connectivity index (χ1v) is 7.53. The maximum atomic E-state index is 3.92. The second-order valence-electron chi connectivity index (χ2n) is 6.15. The molecule has 1 heteroatoms. The first kappa shape index (κ1) is 12.4. The van der Waals surface area contributed by atoms with Crippen LogP contribution in [-0.2, 0) is 0 Å². The van der Waals surface area contributed by atoms with Crippen molar-refractivity contribution in [3.8, 4) is 0 Å². The van der Waals surface area contributed by atoms with Gasteiger partial charge in [0.15, 0.2) is 0 Å². The molecule has 2 aliphatic carbocycles. The predicted molar refractivity (Wildman–Crippen MR) is 70.6 cm³/mol. The summed E-state index contributed by atoms with van der Waals surface area (Å²) >= 11 is 0. The van der Waals surface area contributed by atoms with Gasteiger partial charge in [-0.1, -0.05) is 39.5 Å². The minimum Gasteiger partial charge on any atom is -0.313 e. The van der Waals surface area contributed by atoms with E-state index in [1.165, 1.54) is 64.3 Å². The quantitative estimate of drug-likeness (QED) is 0.739. The SMILES string of the molecule is CCC1CCCC1NCC1(CC)CCCC1. The van der Waals surface area contributed by atoms with Gasteiger partial charge in [0.05, 0.1) is 0 Å². The summed E-state index contributed by atoms with van der Waals surface area (Å²) in [6, 6.07) is 0.842. The average molecular weight is 223 g/mol. The first-order valence-electron chi connectivity index (χ1n) is 7.53. The Bertz CT molecular complexity index is 205. The van der Waals surface area contributed by atoms with Crippen molar-refractivity contribution in [2.45, 2.75) is 77.7 Å². The largest absolute Gasteiger partial charge is 0.313 e. The molecule has 94 valence electrons. The van der Waals surface area contributed by atoms with Gasteiger partial charge in [-0.25, -0.2) is 0 Å². The van der Waals surface area contributed by atoms with Crippen molar-refractivity contribution in [3.63, 3.8) is 0 Å². The van der Waals surface area contributed by atoms with Crippen LogP contribution in [0.15, 0.2) is 0 Å². The fourth-order valence-electron chi connectivity index (χ4n) is 3.92. The topological polar surface area (TPSA) is 12.0 Å². The third-order valence-electron chi connectivity index (χ3n) is 5.34. The minimum absolute atomic E-state index is 0.668. The van der Waals surface area contributed by atoms with E-state index in [0.29, 0.717) is 5.41 Å². The molecule has 1 nitrogen and oxygen atoms in total. The third-order valence-corrected chi connectivity index (χ3v) is 5.34. The van der Waals surface area contributed by atoms with E-state index in [-0.39, 0.29) is 0 Å². The molecule has 0 bridgehead atoms. The van der Waals surface area contributed by atoms with Crippen molar-refractivity contribution in [1.29, 1.82) is 0 Å². The van der Waals surface area contributed by atoms with E-state index in [1.54, 1.807) is 0 Å². The highest BCUT2D eigenvalue weighted by atomic mass is 14.9. The molecular weight excluding hydrogens is 194 g/mol. The van der Waals surface area contributed by atoms with Crippen molar-refractivity contribution < 1.29 is 0 Å². The van der Waals surface area contributed by atoms with E-state index in [9.17, 15) is 0 Å². The zero-order chi connectivity index (χ0) is 11.4. The van der Waals surface area contributed by atoms with E-state index in [1.807, 2.05) is 0 Å². The normalized spacial score (nSPS) is 33.4. The van der Waals surface area contributed by atoms with Gasteiger partial charge < -0.3 is 5.32 Å². The van der Waals surface area contributed by atoms with Gasteiger partial charge in [0.1, 0.15) is 0 Å². The molecule has 1 N–H and O–H groups in total. The van der Waals surface area contributed by atoms with Gasteiger partial charge in [-0.05, 0) is 43.4 Å². The molecule has 2 saturated carbocycles. The molecule has 0 aromatic heterocycles. The van der Waals surface area contributed by atoms with E-state index >= 15 is 0 Å². The molecule has 2 rings (SSSR count). The molecule has 0 aromatic carbocycles. The number of rotatable bonds is 5. The van der Waals surface area contributed by atoms with Gasteiger partial charge in [0.2, 0.25) is 0 Å². The third kappa shape index (κ3) is 2.61. The summed E-state index contributed by atoms with van der Waals surface area (Å²) in [5.41, 5.74) is 0.668. The van der Waals surface area contributed by atoms with Crippen LogP contribution < -0.4 is 5.32 Å². The maximum absolute atomic E-state index is 3.92. The summed E-state index contributed by atoms with van der Waals surface area (Å²) in [5.74, 6) is 0.968. The molecule has 16 heavy (non-hydrogen) atoms. The first-order chi connectivity index (χ1) is 7.79. The molecular formula is C15H29N. The summed E-state index contributed by atoms with van der Waals surface area (Å²) in [6.45, 7) is 6.04. The molecule has 0 radical (unpaired) electrons. The monoisotopic (exact) mass is 223 g/mol. The van der Waals surface area contributed by atoms with Crippen LogP contribution in [0.4, 0.5) is 0 Å². The number of nitrogens with one attached hydrogen (secondary N) is 1. The summed E-state index contributed by atoms with van der Waals surface area (Å²) in [7, 11) is 0. The van der Waals surface area contributed by atoms with Gasteiger partial charge in [-0.3, -0.25) is 0 Å². The van der Waals surface area contributed by atoms with Gasteiger partial charge in [0.25, 0.3) is 0 Å². The summed E-state index contributed by atoms with van der Waals surface area (Å²) < 4.78 is 0. The highest BCUT2D eigenvalue weighted by molar-refractivity contribution is 4.89. The molecule has 2 fully saturated rings. The number of hydrogen-bond acceptors (Lipinski definition) is 1. The van der Waals surface area contributed by atoms with Crippen molar-refractivity contribution in [2.24, 2.45) is 11.3 Å². The second-order valence-corrected chi connectivity index (χ2v) is 6.15. The zero-order valence-corrected chi connectivity index (χ0v) is 11.2. The van der Waals surface area contributed by atoms with Crippen LogP contribution in [0, 0.1) is 11.3 Å². The van der Waals surface area contributed by atoms with E-state index in [0.717, 1.165) is 12.0 Å². The van der Waals surface area contributed by atoms with Gasteiger partial charge in [-0.15, -0.1) is 0 Å². The number of hydrogen-bond donors (Lipinski definition) is 1. The molecule has 2 atom stereocenters. The second kappa shape index (κ2) is 5.53. The Kier molecular flexibility index (Phi) is 4.29. The predicted octanol–water partition coefficient (Wildman–Crippen LogP) is 4.13. The molecule has 0 aliphatic heterocycles. The standard InChI is InChI=1S/C15H29N/c1-3-13-8-7-9-14(13)16-12-15(4-2)10-5-6-11-15/h13-14,16H,3-12H2,1-2H3. The highest BCUT2D eigenvalue weighted by Crippen LogP contribution is 2.41. The fourth-order valence-corrected chi connectivity index (χ4v) is 3.92. The van der Waals surface area contributed by atoms with Crippen LogP contribution in [-0.4, -0.2) is 12.6 Å². The zero-order valence-electron chi connectivity index (χ0n) is 11.2. The molecule has 0 amide bonds. The lowest BCUT2D eigenvalue weighted by Crippen LogP contribution is -2.40. The molecule has 2 unspecified atom stereocenters. The van der Waals surface area contributed by atoms with E-state index < -0.39 is 0 Å². The van der Waals surface area contributed by atoms with Gasteiger partial charge in [0, 0.05) is 12.6 Å². The Morgan fingerprint density at radius 2 is 1.81 bits per heavy atom. The van der Waals surface area contributed by atoms with Crippen LogP contribution in [0.3, 0.4) is 0 Å². The Balaban J connectivity index is 1.81. The average Bonchev–Trinajstić information content (AvgIpc) is 2.96. The van der Waals surface area contributed by atoms with E-state index in [2.05, 4.69) is 19.2 Å². The Morgan fingerprint density at radius 3 is 2.44 bits per heavy atom. The minimum atomic E-state index is 0.668. The lowest BCUT2D eigenvalue weighted by atomic mass is 9.83. The van der Waals surface area contributed by atoms with Crippen molar-refractivity contribution in [3.05, 3.63) is 0 Å². The Morgan fingerprint density at radius 1 is 1.06 bits per heavy atom. The van der Waals surface area contributed by atoms with E-state index in [4.69, 9.17) is 0 Å². The van der Waals surface area contributed by atoms with Crippen LogP contribution in [0.1, 0.15) is 71.6 Å². The van der Waals surface area contributed by atoms with Crippen LogP contribution in [0.5, 0.6) is 0 Å². The molecule has 0 heterocycles. The maximum Gasteiger partial charge on any atom is 0.00954 e. The van der Waals surface area contributed by atoms with Crippen LogP contribution in [0.2, 0.25) is 0 Å². The molecule has 0 spiro atoms. The van der Waals surface area contributed by atoms with Gasteiger partial charge >= 0.3 is 0 Å². The van der Waals surface area contributed by atoms with Crippen LogP contribution >= 0.6 is 0 Å². The van der Waals surface area contributed by atoms with Crippen LogP contribution in [0.25, 0.3) is 0 Å². The van der Waals surface area contributed by atoms with Crippen molar-refractivity contribution >= 4 is 0 Å². The molecule has 0 aromatic rings. The lowest BCUT2D eigenvalue weighted by Gasteiger charge is -2.31. The van der Waals surface area contributed by atoms with Crippen molar-refractivity contribution in [1.82, 2.24) is 5.32 Å². The highest BCUT2D eigenvalue weighted by Gasteiger charge is 2.34. The van der Waals surface area contributed by atoms with Gasteiger partial charge in [-0.2, -0.15) is 0 Å². The Hall–Kier alpha value is -0.0400. The van der Waals surface area contributed by atoms with Crippen molar-refractivity contribution in [2.75, 3.05) is 6.54 Å². The smallest absolute Gasteiger partial charge is 0.00954 e. The fraction of sp³-hybridized carbons (Fsp3) is 1.00. The summed E-state index contributed by atoms with van der Waals surface area (Å²) in [6.07, 6.45) is 13.0. The summed E-state index contributed by atoms with van der Waals surface area (Å²) in [5, 5.41) is 3.92. The summed E-state index contributed by atoms with van der Waals surface area (Å²) in [4.78, 5) is 0. The lowest BCUT2D eigenvalue weighted by molar-refractivity contribution is 0.242. The molecule has 2 aliphatic rings. The molecule has 0 saturated heterocycles. The Labute approximate surface area is 101 Å².